The summed E-state index contributed by atoms with van der Waals surface area (Å²) in [6.45, 7) is 3.21. The second-order valence-corrected chi connectivity index (χ2v) is 6.33. The molecule has 0 radical (unpaired) electrons. The van der Waals surface area contributed by atoms with Gasteiger partial charge in [0.05, 0.1) is 5.69 Å². The van der Waals surface area contributed by atoms with Crippen LogP contribution in [0.3, 0.4) is 0 Å². The van der Waals surface area contributed by atoms with E-state index in [1.54, 1.807) is 18.2 Å². The molecular weight excluding hydrogens is 380 g/mol. The fourth-order valence-electron chi connectivity index (χ4n) is 2.03. The Morgan fingerprint density at radius 1 is 1.22 bits per heavy atom. The number of hydrogen-bond acceptors (Lipinski definition) is 2. The highest BCUT2D eigenvalue weighted by molar-refractivity contribution is 9.10. The predicted octanol–water partition coefficient (Wildman–Crippen LogP) is 4.40. The van der Waals surface area contributed by atoms with Crippen LogP contribution in [-0.4, -0.2) is 18.4 Å². The number of hydrogen-bond donors (Lipinski definition) is 1. The van der Waals surface area contributed by atoms with Crippen LogP contribution in [0.5, 0.6) is 0 Å². The summed E-state index contributed by atoms with van der Waals surface area (Å²) < 4.78 is 0.779. The molecule has 0 fully saturated rings. The molecular formula is C17H16BrClN2O2. The SMILES string of the molecule is CC(=O)N(CC(=O)Nc1ccccc1Br)c1ccc(C)c(Cl)c1. The third kappa shape index (κ3) is 4.56. The Morgan fingerprint density at radius 2 is 1.91 bits per heavy atom. The minimum Gasteiger partial charge on any atom is -0.324 e. The average Bonchev–Trinajstić information content (AvgIpc) is 2.50. The lowest BCUT2D eigenvalue weighted by Crippen LogP contribution is -2.36. The number of anilines is 2. The monoisotopic (exact) mass is 394 g/mol. The van der Waals surface area contributed by atoms with Gasteiger partial charge in [0.1, 0.15) is 6.54 Å². The van der Waals surface area contributed by atoms with Crippen LogP contribution in [0.25, 0.3) is 0 Å². The highest BCUT2D eigenvalue weighted by Crippen LogP contribution is 2.24. The van der Waals surface area contributed by atoms with Crippen molar-refractivity contribution in [3.8, 4) is 0 Å². The quantitative estimate of drug-likeness (QED) is 0.834. The van der Waals surface area contributed by atoms with E-state index in [4.69, 9.17) is 11.6 Å². The zero-order chi connectivity index (χ0) is 17.0. The third-order valence-electron chi connectivity index (χ3n) is 3.30. The first-order valence-electron chi connectivity index (χ1n) is 6.97. The summed E-state index contributed by atoms with van der Waals surface area (Å²) in [7, 11) is 0. The van der Waals surface area contributed by atoms with E-state index < -0.39 is 0 Å². The Kier molecular flexibility index (Phi) is 5.80. The van der Waals surface area contributed by atoms with Gasteiger partial charge in [0, 0.05) is 22.1 Å². The van der Waals surface area contributed by atoms with E-state index in [-0.39, 0.29) is 18.4 Å². The minimum absolute atomic E-state index is 0.0872. The Balaban J connectivity index is 2.16. The van der Waals surface area contributed by atoms with Crippen LogP contribution < -0.4 is 10.2 Å². The van der Waals surface area contributed by atoms with Gasteiger partial charge in [0.2, 0.25) is 11.8 Å². The molecule has 0 aromatic heterocycles. The van der Waals surface area contributed by atoms with Crippen LogP contribution in [0.15, 0.2) is 46.9 Å². The summed E-state index contributed by atoms with van der Waals surface area (Å²) in [5.74, 6) is -0.518. The van der Waals surface area contributed by atoms with Gasteiger partial charge in [-0.15, -0.1) is 0 Å². The largest absolute Gasteiger partial charge is 0.324 e. The van der Waals surface area contributed by atoms with Crippen LogP contribution in [0.2, 0.25) is 5.02 Å². The van der Waals surface area contributed by atoms with Gasteiger partial charge in [-0.25, -0.2) is 0 Å². The zero-order valence-corrected chi connectivity index (χ0v) is 15.1. The molecule has 2 aromatic rings. The van der Waals surface area contributed by atoms with Gasteiger partial charge in [-0.1, -0.05) is 29.8 Å². The number of para-hydroxylation sites is 1. The average molecular weight is 396 g/mol. The molecule has 4 nitrogen and oxygen atoms in total. The molecule has 0 unspecified atom stereocenters. The van der Waals surface area contributed by atoms with Gasteiger partial charge in [-0.05, 0) is 52.7 Å². The lowest BCUT2D eigenvalue weighted by atomic mass is 10.2. The molecule has 6 heteroatoms. The van der Waals surface area contributed by atoms with Crippen molar-refractivity contribution in [1.82, 2.24) is 0 Å². The fourth-order valence-corrected chi connectivity index (χ4v) is 2.59. The van der Waals surface area contributed by atoms with Crippen LogP contribution in [0.1, 0.15) is 12.5 Å². The summed E-state index contributed by atoms with van der Waals surface area (Å²) in [6, 6.07) is 12.6. The first kappa shape index (κ1) is 17.5. The standard InChI is InChI=1S/C17H16BrClN2O2/c1-11-7-8-13(9-15(11)19)21(12(2)22)10-17(23)20-16-6-4-3-5-14(16)18/h3-9H,10H2,1-2H3,(H,20,23). The van der Waals surface area contributed by atoms with Gasteiger partial charge >= 0.3 is 0 Å². The van der Waals surface area contributed by atoms with Crippen LogP contribution in [-0.2, 0) is 9.59 Å². The van der Waals surface area contributed by atoms with Crippen molar-refractivity contribution in [3.05, 3.63) is 57.5 Å². The molecule has 2 aromatic carbocycles. The van der Waals surface area contributed by atoms with Gasteiger partial charge in [-0.3, -0.25) is 9.59 Å². The second kappa shape index (κ2) is 7.62. The smallest absolute Gasteiger partial charge is 0.244 e. The van der Waals surface area contributed by atoms with Gasteiger partial charge in [0.25, 0.3) is 0 Å². The molecule has 0 heterocycles. The van der Waals surface area contributed by atoms with E-state index >= 15 is 0 Å². The van der Waals surface area contributed by atoms with E-state index in [1.807, 2.05) is 31.2 Å². The molecule has 0 aliphatic rings. The Morgan fingerprint density at radius 3 is 2.52 bits per heavy atom. The Labute approximate surface area is 148 Å². The van der Waals surface area contributed by atoms with Crippen LogP contribution in [0, 0.1) is 6.92 Å². The summed E-state index contributed by atoms with van der Waals surface area (Å²) >= 11 is 9.47. The molecule has 1 N–H and O–H groups in total. The van der Waals surface area contributed by atoms with E-state index in [2.05, 4.69) is 21.2 Å². The van der Waals surface area contributed by atoms with Gasteiger partial charge < -0.3 is 10.2 Å². The molecule has 0 aliphatic heterocycles. The normalized spacial score (nSPS) is 10.3. The number of benzene rings is 2. The number of carbonyl (C=O) groups is 2. The number of nitrogens with zero attached hydrogens (tertiary/aromatic N) is 1. The first-order chi connectivity index (χ1) is 10.9. The molecule has 0 bridgehead atoms. The molecule has 0 saturated carbocycles. The van der Waals surface area contributed by atoms with Crippen LogP contribution in [0.4, 0.5) is 11.4 Å². The lowest BCUT2D eigenvalue weighted by Gasteiger charge is -2.21. The third-order valence-corrected chi connectivity index (χ3v) is 4.40. The number of amides is 2. The summed E-state index contributed by atoms with van der Waals surface area (Å²) in [6.07, 6.45) is 0. The maximum Gasteiger partial charge on any atom is 0.244 e. The molecule has 2 rings (SSSR count). The van der Waals surface area contributed by atoms with E-state index in [0.29, 0.717) is 16.4 Å². The van der Waals surface area contributed by atoms with E-state index in [1.165, 1.54) is 11.8 Å². The predicted molar refractivity (Wildman–Crippen MR) is 97.0 cm³/mol. The number of nitrogens with one attached hydrogen (secondary N) is 1. The highest BCUT2D eigenvalue weighted by Gasteiger charge is 2.17. The zero-order valence-electron chi connectivity index (χ0n) is 12.8. The molecule has 0 saturated heterocycles. The molecule has 2 amide bonds. The maximum absolute atomic E-state index is 12.2. The van der Waals surface area contributed by atoms with E-state index in [9.17, 15) is 9.59 Å². The van der Waals surface area contributed by atoms with Crippen molar-refractivity contribution < 1.29 is 9.59 Å². The van der Waals surface area contributed by atoms with Crippen molar-refractivity contribution in [2.45, 2.75) is 13.8 Å². The highest BCUT2D eigenvalue weighted by atomic mass is 79.9. The summed E-state index contributed by atoms with van der Waals surface area (Å²) in [5, 5.41) is 3.33. The molecule has 0 aliphatic carbocycles. The van der Waals surface area contributed by atoms with Crippen molar-refractivity contribution in [2.24, 2.45) is 0 Å². The number of carbonyl (C=O) groups excluding carboxylic acids is 2. The van der Waals surface area contributed by atoms with Gasteiger partial charge in [0.15, 0.2) is 0 Å². The van der Waals surface area contributed by atoms with Crippen LogP contribution >= 0.6 is 27.5 Å². The van der Waals surface area contributed by atoms with Gasteiger partial charge in [-0.2, -0.15) is 0 Å². The fraction of sp³-hybridized carbons (Fsp3) is 0.176. The maximum atomic E-state index is 12.2. The van der Waals surface area contributed by atoms with E-state index in [0.717, 1.165) is 10.0 Å². The van der Waals surface area contributed by atoms with Crippen molar-refractivity contribution >= 4 is 50.7 Å². The molecule has 0 spiro atoms. The lowest BCUT2D eigenvalue weighted by molar-refractivity contribution is -0.120. The summed E-state index contributed by atoms with van der Waals surface area (Å²) in [5.41, 5.74) is 2.16. The summed E-state index contributed by atoms with van der Waals surface area (Å²) in [4.78, 5) is 25.5. The molecule has 23 heavy (non-hydrogen) atoms. The molecule has 120 valence electrons. The first-order valence-corrected chi connectivity index (χ1v) is 8.14. The number of halogens is 2. The Bertz CT molecular complexity index is 749. The number of aryl methyl sites for hydroxylation is 1. The number of rotatable bonds is 4. The molecule has 0 atom stereocenters. The van der Waals surface area contributed by atoms with Crippen molar-refractivity contribution in [3.63, 3.8) is 0 Å². The minimum atomic E-state index is -0.288. The Hall–Kier alpha value is -1.85. The van der Waals surface area contributed by atoms with Crippen molar-refractivity contribution in [1.29, 1.82) is 0 Å². The second-order valence-electron chi connectivity index (χ2n) is 5.07. The van der Waals surface area contributed by atoms with Crippen molar-refractivity contribution in [2.75, 3.05) is 16.8 Å². The topological polar surface area (TPSA) is 49.4 Å².